The fourth-order valence-electron chi connectivity index (χ4n) is 16.6. The molecule has 0 radical (unpaired) electrons. The minimum absolute atomic E-state index is 0.0216. The molecular formula is C70H37N3. The molecule has 0 atom stereocenters. The van der Waals surface area contributed by atoms with Gasteiger partial charge in [0.15, 0.2) is 0 Å². The number of hydrogen-bond acceptors (Lipinski definition) is 2. The Balaban J connectivity index is 1.05. The highest BCUT2D eigenvalue weighted by Crippen LogP contribution is 2.69. The van der Waals surface area contributed by atoms with Crippen LogP contribution >= 0.6 is 0 Å². The largest absolute Gasteiger partial charge is 0.306 e. The Kier molecular flexibility index (Phi) is 6.35. The SMILES string of the molecule is N#Cc1cc2c(c3c1C1(c4ccccc4-c4ccccc41)c1ccccc1-3)c1c3c(cc4c5c6c(ncc5n2c41)C1(c2ccccc2-c2ccccc21)c1ccccc1-6)C1c2ccccc2C3c2ccccc21. The molecule has 0 aliphatic heterocycles. The third-order valence-electron chi connectivity index (χ3n) is 18.8. The van der Waals surface area contributed by atoms with Crippen molar-refractivity contribution in [3.63, 3.8) is 0 Å². The summed E-state index contributed by atoms with van der Waals surface area (Å²) in [6, 6.07) is 80.4. The summed E-state index contributed by atoms with van der Waals surface area (Å²) in [4.78, 5) is 5.81. The lowest BCUT2D eigenvalue weighted by Gasteiger charge is -2.42. The second kappa shape index (κ2) is 12.4. The van der Waals surface area contributed by atoms with E-state index >= 15 is 0 Å². The Labute approximate surface area is 419 Å². The molecule has 332 valence electrons. The quantitative estimate of drug-likeness (QED) is 0.152. The lowest BCUT2D eigenvalue weighted by atomic mass is 9.60. The van der Waals surface area contributed by atoms with E-state index in [1.54, 1.807) is 0 Å². The van der Waals surface area contributed by atoms with Crippen LogP contribution in [0, 0.1) is 11.3 Å². The van der Waals surface area contributed by atoms with Gasteiger partial charge in [0.1, 0.15) is 0 Å². The van der Waals surface area contributed by atoms with Gasteiger partial charge < -0.3 is 4.40 Å². The van der Waals surface area contributed by atoms with Crippen LogP contribution in [0.3, 0.4) is 0 Å². The molecule has 0 amide bonds. The van der Waals surface area contributed by atoms with Crippen LogP contribution in [0.25, 0.3) is 82.6 Å². The molecule has 0 saturated carbocycles. The van der Waals surface area contributed by atoms with Crippen molar-refractivity contribution in [1.82, 2.24) is 9.38 Å². The highest BCUT2D eigenvalue weighted by Gasteiger charge is 2.56. The zero-order valence-electron chi connectivity index (χ0n) is 39.2. The monoisotopic (exact) mass is 919 g/mol. The zero-order valence-corrected chi connectivity index (χ0v) is 39.2. The minimum Gasteiger partial charge on any atom is -0.306 e. The molecule has 3 heterocycles. The van der Waals surface area contributed by atoms with Gasteiger partial charge in [-0.25, -0.2) is 0 Å². The van der Waals surface area contributed by atoms with E-state index < -0.39 is 10.8 Å². The van der Waals surface area contributed by atoms with Crippen molar-refractivity contribution in [3.8, 4) is 50.6 Å². The average Bonchev–Trinajstić information content (AvgIpc) is 4.27. The fourth-order valence-corrected chi connectivity index (χ4v) is 16.6. The highest BCUT2D eigenvalue weighted by atomic mass is 14.9. The lowest BCUT2D eigenvalue weighted by Crippen LogP contribution is -2.27. The van der Waals surface area contributed by atoms with Gasteiger partial charge in [-0.05, 0) is 123 Å². The Morgan fingerprint density at radius 3 is 1.38 bits per heavy atom. The van der Waals surface area contributed by atoms with E-state index in [2.05, 4.69) is 223 Å². The molecule has 7 aliphatic rings. The third kappa shape index (κ3) is 3.82. The number of nitriles is 1. The van der Waals surface area contributed by atoms with Crippen LogP contribution in [0.4, 0.5) is 0 Å². The van der Waals surface area contributed by atoms with Gasteiger partial charge in [0.25, 0.3) is 0 Å². The van der Waals surface area contributed by atoms with Crippen molar-refractivity contribution in [2.75, 3.05) is 0 Å². The van der Waals surface area contributed by atoms with Crippen molar-refractivity contribution in [1.29, 1.82) is 5.26 Å². The van der Waals surface area contributed by atoms with Crippen molar-refractivity contribution in [2.24, 2.45) is 0 Å². The van der Waals surface area contributed by atoms with Gasteiger partial charge >= 0.3 is 0 Å². The first-order valence-corrected chi connectivity index (χ1v) is 25.7. The van der Waals surface area contributed by atoms with E-state index in [0.717, 1.165) is 22.3 Å². The van der Waals surface area contributed by atoms with Crippen LogP contribution in [-0.2, 0) is 10.8 Å². The Bertz CT molecular complexity index is 4710. The maximum absolute atomic E-state index is 11.9. The van der Waals surface area contributed by atoms with Crippen LogP contribution < -0.4 is 0 Å². The number of aromatic nitrogens is 2. The second-order valence-corrected chi connectivity index (χ2v) is 21.3. The summed E-state index contributed by atoms with van der Waals surface area (Å²) in [7, 11) is 0. The predicted molar refractivity (Wildman–Crippen MR) is 291 cm³/mol. The first-order valence-electron chi connectivity index (χ1n) is 25.7. The van der Waals surface area contributed by atoms with Crippen molar-refractivity contribution < 1.29 is 0 Å². The number of pyridine rings is 1. The van der Waals surface area contributed by atoms with Gasteiger partial charge in [-0.2, -0.15) is 5.26 Å². The molecule has 10 aromatic carbocycles. The Morgan fingerprint density at radius 1 is 0.411 bits per heavy atom. The second-order valence-electron chi connectivity index (χ2n) is 21.3. The predicted octanol–water partition coefficient (Wildman–Crippen LogP) is 15.8. The molecule has 0 saturated heterocycles. The molecule has 0 N–H and O–H groups in total. The molecule has 3 aromatic heterocycles. The molecule has 2 bridgehead atoms. The van der Waals surface area contributed by atoms with Gasteiger partial charge in [-0.1, -0.05) is 194 Å². The fraction of sp³-hybridized carbons (Fsp3) is 0.0571. The molecule has 3 heteroatoms. The van der Waals surface area contributed by atoms with Gasteiger partial charge in [-0.3, -0.25) is 4.98 Å². The minimum atomic E-state index is -0.682. The van der Waals surface area contributed by atoms with Crippen LogP contribution in [0.15, 0.2) is 212 Å². The van der Waals surface area contributed by atoms with E-state index in [4.69, 9.17) is 4.98 Å². The molecule has 0 fully saturated rings. The number of fused-ring (bicyclic) bond motifs is 28. The van der Waals surface area contributed by atoms with Crippen LogP contribution in [-0.4, -0.2) is 9.38 Å². The molecular weight excluding hydrogens is 883 g/mol. The Morgan fingerprint density at radius 2 is 0.849 bits per heavy atom. The summed E-state index contributed by atoms with van der Waals surface area (Å²) in [5.74, 6) is 0.0737. The average molecular weight is 920 g/mol. The van der Waals surface area contributed by atoms with Gasteiger partial charge in [-0.15, -0.1) is 0 Å². The smallest absolute Gasteiger partial charge is 0.0996 e. The van der Waals surface area contributed by atoms with Crippen LogP contribution in [0.2, 0.25) is 0 Å². The normalized spacial score (nSPS) is 17.2. The van der Waals surface area contributed by atoms with Gasteiger partial charge in [0.05, 0.1) is 50.9 Å². The summed E-state index contributed by atoms with van der Waals surface area (Å²) in [5.41, 5.74) is 30.8. The maximum atomic E-state index is 11.9. The summed E-state index contributed by atoms with van der Waals surface area (Å²) in [6.45, 7) is 0. The molecule has 20 rings (SSSR count). The van der Waals surface area contributed by atoms with E-state index in [1.807, 2.05) is 0 Å². The van der Waals surface area contributed by atoms with E-state index in [-0.39, 0.29) is 11.8 Å². The molecule has 2 spiro atoms. The van der Waals surface area contributed by atoms with E-state index in [0.29, 0.717) is 5.56 Å². The molecule has 7 aliphatic carbocycles. The Hall–Kier alpha value is -9.36. The van der Waals surface area contributed by atoms with E-state index in [9.17, 15) is 5.26 Å². The van der Waals surface area contributed by atoms with Crippen molar-refractivity contribution >= 4 is 38.1 Å². The summed E-state index contributed by atoms with van der Waals surface area (Å²) >= 11 is 0. The van der Waals surface area contributed by atoms with E-state index in [1.165, 1.54) is 138 Å². The zero-order chi connectivity index (χ0) is 47.2. The third-order valence-corrected chi connectivity index (χ3v) is 18.8. The topological polar surface area (TPSA) is 41.1 Å². The van der Waals surface area contributed by atoms with Crippen LogP contribution in [0.5, 0.6) is 0 Å². The van der Waals surface area contributed by atoms with Crippen LogP contribution in [0.1, 0.15) is 95.4 Å². The van der Waals surface area contributed by atoms with Gasteiger partial charge in [0.2, 0.25) is 0 Å². The van der Waals surface area contributed by atoms with Crippen molar-refractivity contribution in [2.45, 2.75) is 22.7 Å². The highest BCUT2D eigenvalue weighted by molar-refractivity contribution is 6.31. The molecule has 73 heavy (non-hydrogen) atoms. The standard InChI is InChI=1S/C70H37N3/c71-35-37-33-56-64(62-46-25-9-15-31-54(46)69(66(37)62)50-27-11-5-17-38(50)39-18-6-12-28-51(39)69)65-61-48(58-42-21-1-3-23-44(42)59(61)45-24-4-2-22-43(45)58)34-49-60-57(73(56)67(49)65)36-72-68-63(60)47-26-10-16-32-55(47)70(68)52-29-13-7-19-40(52)41-20-8-14-30-53(41)70/h1-34,36,58-59H. The van der Waals surface area contributed by atoms with Gasteiger partial charge in [0, 0.05) is 38.9 Å². The first-order chi connectivity index (χ1) is 36.2. The summed E-state index contributed by atoms with van der Waals surface area (Å²) < 4.78 is 2.54. The number of rotatable bonds is 0. The number of hydrogen-bond donors (Lipinski definition) is 0. The molecule has 3 nitrogen and oxygen atoms in total. The molecule has 13 aromatic rings. The summed E-state index contributed by atoms with van der Waals surface area (Å²) in [5, 5.41) is 16.9. The van der Waals surface area contributed by atoms with Crippen molar-refractivity contribution in [3.05, 3.63) is 296 Å². The number of benzene rings is 10. The molecule has 0 unspecified atom stereocenters. The summed E-state index contributed by atoms with van der Waals surface area (Å²) in [6.07, 6.45) is 2.19. The number of nitrogens with zero attached hydrogens (tertiary/aromatic N) is 3. The maximum Gasteiger partial charge on any atom is 0.0996 e. The first kappa shape index (κ1) is 37.5. The lowest BCUT2D eigenvalue weighted by molar-refractivity contribution is 0.761.